The highest BCUT2D eigenvalue weighted by Crippen LogP contribution is 2.25. The molecule has 0 spiro atoms. The zero-order chi connectivity index (χ0) is 20.8. The third kappa shape index (κ3) is 5.14. The van der Waals surface area contributed by atoms with Crippen LogP contribution >= 0.6 is 0 Å². The van der Waals surface area contributed by atoms with Crippen LogP contribution in [0.5, 0.6) is 0 Å². The third-order valence-electron chi connectivity index (χ3n) is 5.87. The van der Waals surface area contributed by atoms with Gasteiger partial charge < -0.3 is 5.32 Å². The number of carbonyl (C=O) groups is 1. The fourth-order valence-electron chi connectivity index (χ4n) is 4.29. The molecule has 2 aromatic carbocycles. The fraction of sp³-hybridized carbons (Fsp3) is 0.308. The Morgan fingerprint density at radius 2 is 2.03 bits per heavy atom. The fourth-order valence-corrected chi connectivity index (χ4v) is 4.29. The van der Waals surface area contributed by atoms with Crippen LogP contribution in [0, 0.1) is 12.8 Å². The van der Waals surface area contributed by atoms with E-state index in [0.29, 0.717) is 18.0 Å². The van der Waals surface area contributed by atoms with E-state index in [1.54, 1.807) is 24.5 Å². The lowest BCUT2D eigenvalue weighted by atomic mass is 9.96. The first kappa shape index (κ1) is 20.3. The van der Waals surface area contributed by atoms with Crippen molar-refractivity contribution in [3.05, 3.63) is 89.7 Å². The number of aryl methyl sites for hydroxylation is 1. The van der Waals surface area contributed by atoms with Crippen molar-refractivity contribution < 1.29 is 4.79 Å². The van der Waals surface area contributed by atoms with Gasteiger partial charge in [-0.1, -0.05) is 42.5 Å². The highest BCUT2D eigenvalue weighted by molar-refractivity contribution is 5.93. The summed E-state index contributed by atoms with van der Waals surface area (Å²) >= 11 is 0. The first-order valence-electron chi connectivity index (χ1n) is 10.7. The van der Waals surface area contributed by atoms with Gasteiger partial charge in [-0.05, 0) is 72.7 Å². The van der Waals surface area contributed by atoms with Crippen LogP contribution in [-0.4, -0.2) is 35.4 Å². The van der Waals surface area contributed by atoms with Crippen LogP contribution in [0.4, 0.5) is 0 Å². The van der Waals surface area contributed by atoms with Crippen molar-refractivity contribution in [1.82, 2.24) is 15.2 Å². The minimum absolute atomic E-state index is 0.0360. The maximum Gasteiger partial charge on any atom is 0.252 e. The summed E-state index contributed by atoms with van der Waals surface area (Å²) in [5, 5.41) is 3.08. The zero-order valence-electron chi connectivity index (χ0n) is 17.6. The molecule has 0 bridgehead atoms. The molecule has 1 aliphatic heterocycles. The molecular formula is C26H29N3O. The summed E-state index contributed by atoms with van der Waals surface area (Å²) in [6, 6.07) is 21.0. The van der Waals surface area contributed by atoms with Crippen molar-refractivity contribution in [1.29, 1.82) is 0 Å². The van der Waals surface area contributed by atoms with Crippen molar-refractivity contribution in [2.75, 3.05) is 19.6 Å². The van der Waals surface area contributed by atoms with Crippen LogP contribution < -0.4 is 5.32 Å². The van der Waals surface area contributed by atoms with Gasteiger partial charge in [-0.25, -0.2) is 0 Å². The second-order valence-electron chi connectivity index (χ2n) is 8.21. The van der Waals surface area contributed by atoms with Gasteiger partial charge in [0.15, 0.2) is 0 Å². The van der Waals surface area contributed by atoms with Gasteiger partial charge in [0.25, 0.3) is 5.91 Å². The third-order valence-corrected chi connectivity index (χ3v) is 5.87. The molecule has 154 valence electrons. The van der Waals surface area contributed by atoms with Gasteiger partial charge in [-0.2, -0.15) is 0 Å². The van der Waals surface area contributed by atoms with Crippen molar-refractivity contribution in [2.45, 2.75) is 26.3 Å². The molecule has 1 amide bonds. The van der Waals surface area contributed by atoms with Crippen LogP contribution in [0.2, 0.25) is 0 Å². The topological polar surface area (TPSA) is 45.2 Å². The van der Waals surface area contributed by atoms with Crippen molar-refractivity contribution in [3.63, 3.8) is 0 Å². The molecule has 0 unspecified atom stereocenters. The number of piperidine rings is 1. The quantitative estimate of drug-likeness (QED) is 0.653. The molecule has 3 aromatic rings. The van der Waals surface area contributed by atoms with E-state index in [-0.39, 0.29) is 5.91 Å². The molecule has 0 saturated carbocycles. The largest absolute Gasteiger partial charge is 0.352 e. The van der Waals surface area contributed by atoms with E-state index < -0.39 is 0 Å². The number of aromatic nitrogens is 1. The van der Waals surface area contributed by atoms with Crippen molar-refractivity contribution in [2.24, 2.45) is 5.92 Å². The predicted octanol–water partition coefficient (Wildman–Crippen LogP) is 4.70. The highest BCUT2D eigenvalue weighted by Gasteiger charge is 2.21. The lowest BCUT2D eigenvalue weighted by Crippen LogP contribution is -2.40. The summed E-state index contributed by atoms with van der Waals surface area (Å²) in [5.74, 6) is 0.449. The lowest BCUT2D eigenvalue weighted by molar-refractivity contribution is 0.0930. The maximum atomic E-state index is 12.3. The summed E-state index contributed by atoms with van der Waals surface area (Å²) in [6.45, 7) is 5.96. The molecule has 1 atom stereocenters. The smallest absolute Gasteiger partial charge is 0.252 e. The molecule has 4 nitrogen and oxygen atoms in total. The standard InChI is InChI=1S/C26H29N3O/c1-20-7-2-3-12-25(20)23-10-4-8-21(15-23)18-29-14-6-9-22(19-29)16-28-26(30)24-11-5-13-27-17-24/h2-5,7-8,10-13,15,17,22H,6,9,14,16,18-19H2,1H3,(H,28,30)/t22-/m1/s1. The van der Waals surface area contributed by atoms with Gasteiger partial charge in [-0.15, -0.1) is 0 Å². The van der Waals surface area contributed by atoms with Crippen molar-refractivity contribution in [3.8, 4) is 11.1 Å². The van der Waals surface area contributed by atoms with Gasteiger partial charge >= 0.3 is 0 Å². The first-order chi connectivity index (χ1) is 14.7. The van der Waals surface area contributed by atoms with Gasteiger partial charge in [-0.3, -0.25) is 14.7 Å². The molecule has 0 radical (unpaired) electrons. The molecule has 4 heteroatoms. The van der Waals surface area contributed by atoms with E-state index >= 15 is 0 Å². The molecule has 1 fully saturated rings. The lowest BCUT2D eigenvalue weighted by Gasteiger charge is -2.33. The molecule has 0 aliphatic carbocycles. The summed E-state index contributed by atoms with van der Waals surface area (Å²) in [6.07, 6.45) is 5.63. The molecule has 1 saturated heterocycles. The van der Waals surface area contributed by atoms with E-state index in [9.17, 15) is 4.79 Å². The summed E-state index contributed by atoms with van der Waals surface area (Å²) in [4.78, 5) is 18.8. The van der Waals surface area contributed by atoms with Crippen LogP contribution in [0.1, 0.15) is 34.3 Å². The molecule has 30 heavy (non-hydrogen) atoms. The number of likely N-dealkylation sites (tertiary alicyclic amines) is 1. The molecule has 2 heterocycles. The number of pyridine rings is 1. The van der Waals surface area contributed by atoms with Gasteiger partial charge in [0.1, 0.15) is 0 Å². The van der Waals surface area contributed by atoms with E-state index in [0.717, 1.165) is 26.1 Å². The second-order valence-corrected chi connectivity index (χ2v) is 8.21. The van der Waals surface area contributed by atoms with E-state index in [1.165, 1.54) is 28.7 Å². The Morgan fingerprint density at radius 3 is 2.87 bits per heavy atom. The molecule has 1 aliphatic rings. The summed E-state index contributed by atoms with van der Waals surface area (Å²) < 4.78 is 0. The number of nitrogens with one attached hydrogen (secondary N) is 1. The Bertz CT molecular complexity index is 986. The van der Waals surface area contributed by atoms with Crippen LogP contribution in [0.15, 0.2) is 73.1 Å². The van der Waals surface area contributed by atoms with Gasteiger partial charge in [0, 0.05) is 32.0 Å². The molecular weight excluding hydrogens is 370 g/mol. The Balaban J connectivity index is 1.35. The Morgan fingerprint density at radius 1 is 1.13 bits per heavy atom. The monoisotopic (exact) mass is 399 g/mol. The maximum absolute atomic E-state index is 12.3. The Hall–Kier alpha value is -2.98. The molecule has 4 rings (SSSR count). The number of nitrogens with zero attached hydrogens (tertiary/aromatic N) is 2. The van der Waals surface area contributed by atoms with Crippen LogP contribution in [-0.2, 0) is 6.54 Å². The predicted molar refractivity (Wildman–Crippen MR) is 121 cm³/mol. The van der Waals surface area contributed by atoms with Gasteiger partial charge in [0.2, 0.25) is 0 Å². The number of hydrogen-bond acceptors (Lipinski definition) is 3. The number of hydrogen-bond donors (Lipinski definition) is 1. The number of carbonyl (C=O) groups excluding carboxylic acids is 1. The second kappa shape index (κ2) is 9.68. The Kier molecular flexibility index (Phi) is 6.55. The number of amides is 1. The SMILES string of the molecule is Cc1ccccc1-c1cccc(CN2CCC[C@H](CNC(=O)c3cccnc3)C2)c1. The van der Waals surface area contributed by atoms with Crippen LogP contribution in [0.3, 0.4) is 0 Å². The summed E-state index contributed by atoms with van der Waals surface area (Å²) in [7, 11) is 0. The number of rotatable bonds is 6. The first-order valence-corrected chi connectivity index (χ1v) is 10.7. The average Bonchev–Trinajstić information content (AvgIpc) is 2.79. The minimum atomic E-state index is -0.0360. The van der Waals surface area contributed by atoms with Gasteiger partial charge in [0.05, 0.1) is 5.56 Å². The van der Waals surface area contributed by atoms with Crippen LogP contribution in [0.25, 0.3) is 11.1 Å². The zero-order valence-corrected chi connectivity index (χ0v) is 17.6. The average molecular weight is 400 g/mol. The van der Waals surface area contributed by atoms with Crippen molar-refractivity contribution >= 4 is 5.91 Å². The highest BCUT2D eigenvalue weighted by atomic mass is 16.1. The normalized spacial score (nSPS) is 16.9. The van der Waals surface area contributed by atoms with E-state index in [2.05, 4.69) is 70.7 Å². The van der Waals surface area contributed by atoms with E-state index in [1.807, 2.05) is 0 Å². The molecule has 1 N–H and O–H groups in total. The number of benzene rings is 2. The Labute approximate surface area is 179 Å². The minimum Gasteiger partial charge on any atom is -0.352 e. The van der Waals surface area contributed by atoms with E-state index in [4.69, 9.17) is 0 Å². The molecule has 1 aromatic heterocycles. The summed E-state index contributed by atoms with van der Waals surface area (Å²) in [5.41, 5.74) is 5.85.